The van der Waals surface area contributed by atoms with Crippen LogP contribution in [-0.4, -0.2) is 40.6 Å². The maximum absolute atomic E-state index is 14.7. The predicted octanol–water partition coefficient (Wildman–Crippen LogP) is 3.95. The van der Waals surface area contributed by atoms with Crippen molar-refractivity contribution in [2.75, 3.05) is 17.2 Å². The quantitative estimate of drug-likeness (QED) is 0.410. The van der Waals surface area contributed by atoms with Crippen LogP contribution in [0.1, 0.15) is 41.0 Å². The van der Waals surface area contributed by atoms with E-state index in [0.29, 0.717) is 17.7 Å². The van der Waals surface area contributed by atoms with E-state index in [-0.39, 0.29) is 24.6 Å². The van der Waals surface area contributed by atoms with Crippen LogP contribution in [0.15, 0.2) is 66.7 Å². The molecule has 8 nitrogen and oxygen atoms in total. The third-order valence-electron chi connectivity index (χ3n) is 7.33. The number of likely N-dealkylation sites (tertiary alicyclic amines) is 1. The summed E-state index contributed by atoms with van der Waals surface area (Å²) in [6, 6.07) is 19.4. The van der Waals surface area contributed by atoms with E-state index in [1.165, 1.54) is 11.0 Å². The van der Waals surface area contributed by atoms with Crippen molar-refractivity contribution in [3.63, 3.8) is 0 Å². The van der Waals surface area contributed by atoms with Crippen molar-refractivity contribution in [3.8, 4) is 6.07 Å². The monoisotopic (exact) mass is 513 g/mol. The normalized spacial score (nSPS) is 24.0. The van der Waals surface area contributed by atoms with E-state index in [1.807, 2.05) is 25.1 Å². The molecule has 0 aromatic heterocycles. The molecule has 3 aromatic rings. The molecule has 38 heavy (non-hydrogen) atoms. The molecule has 1 saturated carbocycles. The fraction of sp³-hybridized carbons (Fsp3) is 0.276. The highest BCUT2D eigenvalue weighted by Crippen LogP contribution is 2.56. The number of carbonyl (C=O) groups excluding carboxylic acids is 2. The number of carbonyl (C=O) groups is 2. The number of halogens is 1. The largest absolute Gasteiger partial charge is 0.391 e. The van der Waals surface area contributed by atoms with Gasteiger partial charge in [0.1, 0.15) is 11.9 Å². The summed E-state index contributed by atoms with van der Waals surface area (Å²) in [5.41, 5.74) is 9.61. The van der Waals surface area contributed by atoms with E-state index >= 15 is 0 Å². The lowest BCUT2D eigenvalue weighted by atomic mass is 9.97. The first-order valence-corrected chi connectivity index (χ1v) is 12.4. The van der Waals surface area contributed by atoms with Crippen LogP contribution in [0.2, 0.25) is 0 Å². The van der Waals surface area contributed by atoms with Gasteiger partial charge in [0.15, 0.2) is 0 Å². The van der Waals surface area contributed by atoms with Crippen molar-refractivity contribution < 1.29 is 19.1 Å². The minimum atomic E-state index is -0.971. The second-order valence-corrected chi connectivity index (χ2v) is 10.1. The Labute approximate surface area is 219 Å². The Kier molecular flexibility index (Phi) is 6.61. The summed E-state index contributed by atoms with van der Waals surface area (Å²) in [5.74, 6) is -1.32. The topological polar surface area (TPSA) is 131 Å². The molecule has 0 spiro atoms. The van der Waals surface area contributed by atoms with Crippen LogP contribution in [0.5, 0.6) is 0 Å². The number of nitrogens with two attached hydrogens (primary N) is 1. The predicted molar refractivity (Wildman–Crippen MR) is 141 cm³/mol. The van der Waals surface area contributed by atoms with Crippen molar-refractivity contribution >= 4 is 23.3 Å². The van der Waals surface area contributed by atoms with Crippen LogP contribution < -0.4 is 16.4 Å². The summed E-state index contributed by atoms with van der Waals surface area (Å²) >= 11 is 0. The van der Waals surface area contributed by atoms with Crippen molar-refractivity contribution in [1.82, 2.24) is 4.90 Å². The van der Waals surface area contributed by atoms with E-state index in [9.17, 15) is 24.3 Å². The number of nitrogens with zero attached hydrogens (tertiary/aromatic N) is 2. The number of hydrogen-bond acceptors (Lipinski definition) is 5. The zero-order chi connectivity index (χ0) is 27.0. The van der Waals surface area contributed by atoms with Crippen molar-refractivity contribution in [2.45, 2.75) is 43.4 Å². The standard InChI is InChI=1S/C29H28FN5O3/c1-17-5-8-21(9-6-17)33-28(38)35-16-22(36)13-26(35)27(37)34-25-12-19(7-10-24(25)30)23-14-29(23,32)20-4-2-3-18(11-20)15-31/h2-12,22-23,26,36H,13-14,16,32H2,1H3,(H,33,38)(H,34,37)/t22-,23?,26-,29?/m1/s1. The van der Waals surface area contributed by atoms with Gasteiger partial charge in [0, 0.05) is 30.1 Å². The van der Waals surface area contributed by atoms with Crippen molar-refractivity contribution in [2.24, 2.45) is 5.73 Å². The maximum Gasteiger partial charge on any atom is 0.322 e. The highest BCUT2D eigenvalue weighted by Gasteiger charge is 2.53. The number of nitriles is 1. The number of urea groups is 1. The summed E-state index contributed by atoms with van der Waals surface area (Å²) in [7, 11) is 0. The van der Waals surface area contributed by atoms with Gasteiger partial charge in [-0.1, -0.05) is 35.9 Å². The first-order valence-electron chi connectivity index (χ1n) is 12.4. The molecule has 0 radical (unpaired) electrons. The third kappa shape index (κ3) is 4.96. The van der Waals surface area contributed by atoms with Crippen LogP contribution in [-0.2, 0) is 10.3 Å². The number of aliphatic hydroxyl groups excluding tert-OH is 1. The number of benzene rings is 3. The lowest BCUT2D eigenvalue weighted by Crippen LogP contribution is -2.45. The molecule has 9 heteroatoms. The maximum atomic E-state index is 14.7. The Hall–Kier alpha value is -4.26. The van der Waals surface area contributed by atoms with Gasteiger partial charge in [-0.05, 0) is 60.9 Å². The Morgan fingerprint density at radius 3 is 2.63 bits per heavy atom. The number of aryl methyl sites for hydroxylation is 1. The number of amides is 3. The molecule has 2 aliphatic rings. The molecule has 5 rings (SSSR count). The van der Waals surface area contributed by atoms with Gasteiger partial charge in [0.2, 0.25) is 5.91 Å². The molecule has 1 heterocycles. The molecule has 1 saturated heterocycles. The second kappa shape index (κ2) is 9.89. The van der Waals surface area contributed by atoms with E-state index in [1.54, 1.807) is 42.5 Å². The fourth-order valence-corrected chi connectivity index (χ4v) is 5.08. The highest BCUT2D eigenvalue weighted by atomic mass is 19.1. The van der Waals surface area contributed by atoms with E-state index in [4.69, 9.17) is 5.73 Å². The lowest BCUT2D eigenvalue weighted by Gasteiger charge is -2.24. The number of rotatable bonds is 5. The Morgan fingerprint density at radius 1 is 1.13 bits per heavy atom. The molecule has 3 aromatic carbocycles. The number of hydrogen-bond donors (Lipinski definition) is 4. The van der Waals surface area contributed by atoms with Crippen molar-refractivity contribution in [3.05, 3.63) is 94.8 Å². The minimum absolute atomic E-state index is 0.0160. The highest BCUT2D eigenvalue weighted by molar-refractivity contribution is 5.99. The third-order valence-corrected chi connectivity index (χ3v) is 7.33. The second-order valence-electron chi connectivity index (χ2n) is 10.1. The van der Waals surface area contributed by atoms with E-state index in [2.05, 4.69) is 16.7 Å². The summed E-state index contributed by atoms with van der Waals surface area (Å²) in [5, 5.41) is 24.8. The van der Waals surface area contributed by atoms with Gasteiger partial charge < -0.3 is 26.4 Å². The molecule has 3 amide bonds. The van der Waals surface area contributed by atoms with Gasteiger partial charge in [-0.3, -0.25) is 4.79 Å². The Balaban J connectivity index is 1.30. The summed E-state index contributed by atoms with van der Waals surface area (Å²) < 4.78 is 14.7. The molecule has 1 aliphatic carbocycles. The number of β-amino-alcohol motifs (C(OH)–C–C–N with tert-alkyl or cyclic N) is 1. The Morgan fingerprint density at radius 2 is 1.89 bits per heavy atom. The van der Waals surface area contributed by atoms with Gasteiger partial charge in [0.05, 0.1) is 23.4 Å². The van der Waals surface area contributed by atoms with Crippen LogP contribution in [0, 0.1) is 24.1 Å². The molecular formula is C29H28FN5O3. The van der Waals surface area contributed by atoms with Crippen LogP contribution >= 0.6 is 0 Å². The number of aliphatic hydroxyl groups is 1. The molecule has 194 valence electrons. The summed E-state index contributed by atoms with van der Waals surface area (Å²) in [6.45, 7) is 1.91. The summed E-state index contributed by atoms with van der Waals surface area (Å²) in [4.78, 5) is 27.3. The van der Waals surface area contributed by atoms with E-state index < -0.39 is 35.4 Å². The zero-order valence-electron chi connectivity index (χ0n) is 20.8. The van der Waals surface area contributed by atoms with Gasteiger partial charge in [-0.25, -0.2) is 9.18 Å². The van der Waals surface area contributed by atoms with Crippen molar-refractivity contribution in [1.29, 1.82) is 5.26 Å². The molecule has 4 atom stereocenters. The molecular weight excluding hydrogens is 485 g/mol. The fourth-order valence-electron chi connectivity index (χ4n) is 5.08. The molecule has 5 N–H and O–H groups in total. The van der Waals surface area contributed by atoms with Gasteiger partial charge in [0.25, 0.3) is 0 Å². The van der Waals surface area contributed by atoms with Crippen LogP contribution in [0.25, 0.3) is 0 Å². The smallest absolute Gasteiger partial charge is 0.322 e. The first kappa shape index (κ1) is 25.4. The summed E-state index contributed by atoms with van der Waals surface area (Å²) in [6.07, 6.45) is -0.222. The van der Waals surface area contributed by atoms with E-state index in [0.717, 1.165) is 16.7 Å². The lowest BCUT2D eigenvalue weighted by molar-refractivity contribution is -0.119. The van der Waals surface area contributed by atoms with Crippen LogP contribution in [0.4, 0.5) is 20.6 Å². The van der Waals surface area contributed by atoms with Gasteiger partial charge in [-0.15, -0.1) is 0 Å². The van der Waals surface area contributed by atoms with Crippen LogP contribution in [0.3, 0.4) is 0 Å². The molecule has 2 fully saturated rings. The molecule has 0 bridgehead atoms. The van der Waals surface area contributed by atoms with Gasteiger partial charge in [-0.2, -0.15) is 5.26 Å². The molecule has 2 unspecified atom stereocenters. The average molecular weight is 514 g/mol. The minimum Gasteiger partial charge on any atom is -0.391 e. The number of nitrogens with one attached hydrogen (secondary N) is 2. The molecule has 1 aliphatic heterocycles. The van der Waals surface area contributed by atoms with Gasteiger partial charge >= 0.3 is 6.03 Å². The number of anilines is 2. The zero-order valence-corrected chi connectivity index (χ0v) is 20.8. The Bertz CT molecular complexity index is 1440. The first-order chi connectivity index (χ1) is 18.2. The SMILES string of the molecule is Cc1ccc(NC(=O)N2C[C@H](O)C[C@@H]2C(=O)Nc2cc(C3CC3(N)c3cccc(C#N)c3)ccc2F)cc1. The average Bonchev–Trinajstić information content (AvgIpc) is 3.45.